The van der Waals surface area contributed by atoms with Crippen molar-refractivity contribution in [2.24, 2.45) is 0 Å². The van der Waals surface area contributed by atoms with E-state index in [-0.39, 0.29) is 6.61 Å². The number of rotatable bonds is 4. The minimum atomic E-state index is 0.0736. The van der Waals surface area contributed by atoms with Crippen LogP contribution in [0, 0.1) is 11.3 Å². The first kappa shape index (κ1) is 13.3. The van der Waals surface area contributed by atoms with Gasteiger partial charge in [-0.1, -0.05) is 6.07 Å². The number of hydrogen-bond donors (Lipinski definition) is 2. The van der Waals surface area contributed by atoms with Gasteiger partial charge in [0.1, 0.15) is 11.8 Å². The summed E-state index contributed by atoms with van der Waals surface area (Å²) in [4.78, 5) is 0. The van der Waals surface area contributed by atoms with Gasteiger partial charge in [0.15, 0.2) is 6.61 Å². The molecular formula is C17H17N3O. The number of nitrogens with two attached hydrogens (primary N) is 1. The van der Waals surface area contributed by atoms with E-state index >= 15 is 0 Å². The van der Waals surface area contributed by atoms with Gasteiger partial charge in [-0.05, 0) is 60.4 Å². The Balaban J connectivity index is 1.70. The van der Waals surface area contributed by atoms with Gasteiger partial charge in [-0.25, -0.2) is 0 Å². The molecule has 0 aromatic heterocycles. The minimum Gasteiger partial charge on any atom is -0.479 e. The van der Waals surface area contributed by atoms with E-state index in [0.717, 1.165) is 24.2 Å². The topological polar surface area (TPSA) is 71.1 Å². The van der Waals surface area contributed by atoms with Crippen molar-refractivity contribution in [3.8, 4) is 11.8 Å². The number of fused-ring (bicyclic) bond motifs is 1. The van der Waals surface area contributed by atoms with E-state index in [4.69, 9.17) is 15.7 Å². The average molecular weight is 279 g/mol. The zero-order valence-corrected chi connectivity index (χ0v) is 11.7. The Hall–Kier alpha value is -2.67. The Bertz CT molecular complexity index is 673. The van der Waals surface area contributed by atoms with Crippen molar-refractivity contribution in [3.63, 3.8) is 0 Å². The van der Waals surface area contributed by atoms with Crippen LogP contribution in [0.2, 0.25) is 0 Å². The van der Waals surface area contributed by atoms with E-state index in [0.29, 0.717) is 11.8 Å². The van der Waals surface area contributed by atoms with E-state index in [1.54, 1.807) is 0 Å². The molecule has 2 aromatic carbocycles. The first-order valence-electron chi connectivity index (χ1n) is 7.01. The van der Waals surface area contributed by atoms with Gasteiger partial charge >= 0.3 is 0 Å². The Morgan fingerprint density at radius 1 is 1.24 bits per heavy atom. The summed E-state index contributed by atoms with van der Waals surface area (Å²) >= 11 is 0. The number of nitrogens with zero attached hydrogens (tertiary/aromatic N) is 1. The summed E-state index contributed by atoms with van der Waals surface area (Å²) in [6.45, 7) is 0.0736. The summed E-state index contributed by atoms with van der Waals surface area (Å²) in [5.41, 5.74) is 10.4. The zero-order chi connectivity index (χ0) is 14.7. The van der Waals surface area contributed by atoms with Gasteiger partial charge in [0.25, 0.3) is 0 Å². The van der Waals surface area contributed by atoms with E-state index in [1.165, 1.54) is 11.1 Å². The molecule has 1 aliphatic carbocycles. The minimum absolute atomic E-state index is 0.0736. The van der Waals surface area contributed by atoms with Crippen LogP contribution in [0.3, 0.4) is 0 Å². The van der Waals surface area contributed by atoms with Crippen LogP contribution < -0.4 is 15.8 Å². The Labute approximate surface area is 124 Å². The summed E-state index contributed by atoms with van der Waals surface area (Å²) in [5.74, 6) is 0.710. The molecule has 1 aliphatic rings. The molecule has 106 valence electrons. The number of nitrogens with one attached hydrogen (secondary N) is 1. The highest BCUT2D eigenvalue weighted by atomic mass is 16.5. The van der Waals surface area contributed by atoms with Crippen LogP contribution in [0.1, 0.15) is 23.6 Å². The molecule has 1 unspecified atom stereocenters. The largest absolute Gasteiger partial charge is 0.479 e. The van der Waals surface area contributed by atoms with Crippen LogP contribution in [-0.2, 0) is 6.42 Å². The van der Waals surface area contributed by atoms with Gasteiger partial charge in [-0.15, -0.1) is 0 Å². The van der Waals surface area contributed by atoms with Crippen molar-refractivity contribution in [1.82, 2.24) is 0 Å². The van der Waals surface area contributed by atoms with Crippen molar-refractivity contribution in [2.75, 3.05) is 17.7 Å². The molecule has 0 spiro atoms. The summed E-state index contributed by atoms with van der Waals surface area (Å²) in [6, 6.07) is 16.1. The average Bonchev–Trinajstić information content (AvgIpc) is 2.88. The normalized spacial score (nSPS) is 16.0. The lowest BCUT2D eigenvalue weighted by Crippen LogP contribution is -2.07. The highest BCUT2D eigenvalue weighted by molar-refractivity contribution is 5.53. The summed E-state index contributed by atoms with van der Waals surface area (Å²) in [5, 5.41) is 12.0. The maximum atomic E-state index is 8.49. The molecule has 3 rings (SSSR count). The van der Waals surface area contributed by atoms with Crippen LogP contribution in [-0.4, -0.2) is 6.61 Å². The van der Waals surface area contributed by atoms with Crippen molar-refractivity contribution < 1.29 is 4.74 Å². The van der Waals surface area contributed by atoms with Crippen molar-refractivity contribution in [1.29, 1.82) is 5.26 Å². The number of nitrogen functional groups attached to an aromatic ring is 1. The van der Waals surface area contributed by atoms with Crippen LogP contribution in [0.4, 0.5) is 11.4 Å². The quantitative estimate of drug-likeness (QED) is 0.843. The van der Waals surface area contributed by atoms with Gasteiger partial charge in [0, 0.05) is 11.4 Å². The molecule has 3 N–H and O–H groups in total. The molecule has 0 aliphatic heterocycles. The molecule has 0 radical (unpaired) electrons. The molecule has 2 aromatic rings. The second kappa shape index (κ2) is 5.76. The van der Waals surface area contributed by atoms with Crippen LogP contribution in [0.15, 0.2) is 42.5 Å². The van der Waals surface area contributed by atoms with Gasteiger partial charge in [-0.2, -0.15) is 5.26 Å². The number of benzene rings is 2. The third kappa shape index (κ3) is 2.92. The van der Waals surface area contributed by atoms with Gasteiger partial charge in [0.2, 0.25) is 0 Å². The molecule has 0 saturated carbocycles. The fourth-order valence-corrected chi connectivity index (χ4v) is 2.75. The second-order valence-corrected chi connectivity index (χ2v) is 5.17. The lowest BCUT2D eigenvalue weighted by atomic mass is 10.1. The third-order valence-corrected chi connectivity index (χ3v) is 3.74. The fraction of sp³-hybridized carbons (Fsp3) is 0.235. The summed E-state index contributed by atoms with van der Waals surface area (Å²) < 4.78 is 5.25. The molecule has 0 saturated heterocycles. The maximum Gasteiger partial charge on any atom is 0.174 e. The number of ether oxygens (including phenoxy) is 1. The molecule has 4 nitrogen and oxygen atoms in total. The third-order valence-electron chi connectivity index (χ3n) is 3.74. The SMILES string of the molecule is N#CCOc1ccc(NC2CCc3cc(N)ccc32)cc1. The van der Waals surface area contributed by atoms with E-state index in [2.05, 4.69) is 17.4 Å². The van der Waals surface area contributed by atoms with Crippen LogP contribution in [0.5, 0.6) is 5.75 Å². The number of hydrogen-bond acceptors (Lipinski definition) is 4. The summed E-state index contributed by atoms with van der Waals surface area (Å²) in [7, 11) is 0. The number of nitriles is 1. The van der Waals surface area contributed by atoms with E-state index in [9.17, 15) is 0 Å². The molecule has 0 heterocycles. The summed E-state index contributed by atoms with van der Waals surface area (Å²) in [6.07, 6.45) is 2.13. The fourth-order valence-electron chi connectivity index (χ4n) is 2.75. The van der Waals surface area contributed by atoms with E-state index in [1.807, 2.05) is 36.4 Å². The Morgan fingerprint density at radius 3 is 2.81 bits per heavy atom. The van der Waals surface area contributed by atoms with Crippen molar-refractivity contribution >= 4 is 11.4 Å². The predicted octanol–water partition coefficient (Wildman–Crippen LogP) is 3.27. The first-order valence-corrected chi connectivity index (χ1v) is 7.01. The molecule has 21 heavy (non-hydrogen) atoms. The smallest absolute Gasteiger partial charge is 0.174 e. The maximum absolute atomic E-state index is 8.49. The second-order valence-electron chi connectivity index (χ2n) is 5.17. The lowest BCUT2D eigenvalue weighted by molar-refractivity contribution is 0.368. The molecular weight excluding hydrogens is 262 g/mol. The van der Waals surface area contributed by atoms with Crippen molar-refractivity contribution in [3.05, 3.63) is 53.6 Å². The van der Waals surface area contributed by atoms with E-state index < -0.39 is 0 Å². The van der Waals surface area contributed by atoms with Crippen molar-refractivity contribution in [2.45, 2.75) is 18.9 Å². The predicted molar refractivity (Wildman–Crippen MR) is 83.1 cm³/mol. The monoisotopic (exact) mass is 279 g/mol. The lowest BCUT2D eigenvalue weighted by Gasteiger charge is -2.16. The van der Waals surface area contributed by atoms with Gasteiger partial charge < -0.3 is 15.8 Å². The molecule has 0 amide bonds. The molecule has 4 heteroatoms. The number of anilines is 2. The van der Waals surface area contributed by atoms with Crippen LogP contribution >= 0.6 is 0 Å². The number of aryl methyl sites for hydroxylation is 1. The molecule has 0 fully saturated rings. The Kier molecular flexibility index (Phi) is 3.65. The van der Waals surface area contributed by atoms with Gasteiger partial charge in [-0.3, -0.25) is 0 Å². The Morgan fingerprint density at radius 2 is 2.05 bits per heavy atom. The zero-order valence-electron chi connectivity index (χ0n) is 11.7. The molecule has 0 bridgehead atoms. The highest BCUT2D eigenvalue weighted by Gasteiger charge is 2.22. The van der Waals surface area contributed by atoms with Gasteiger partial charge in [0.05, 0.1) is 6.04 Å². The first-order chi connectivity index (χ1) is 10.3. The standard InChI is InChI=1S/C17H17N3O/c18-9-10-21-15-5-3-14(4-6-15)20-17-8-1-12-11-13(19)2-7-16(12)17/h2-7,11,17,20H,1,8,10,19H2. The van der Waals surface area contributed by atoms with Crippen LogP contribution in [0.25, 0.3) is 0 Å². The highest BCUT2D eigenvalue weighted by Crippen LogP contribution is 2.35. The molecule has 1 atom stereocenters.